The van der Waals surface area contributed by atoms with Crippen LogP contribution in [0.2, 0.25) is 0 Å². The lowest BCUT2D eigenvalue weighted by molar-refractivity contribution is 0.701. The minimum atomic E-state index is 1.04. The van der Waals surface area contributed by atoms with E-state index in [1.54, 1.807) is 0 Å². The highest BCUT2D eigenvalue weighted by Gasteiger charge is 1.93. The van der Waals surface area contributed by atoms with Gasteiger partial charge in [0, 0.05) is 0 Å². The fraction of sp³-hybridized carbons (Fsp3) is 0.857. The van der Waals surface area contributed by atoms with Crippen molar-refractivity contribution in [3.8, 4) is 0 Å². The molecule has 0 saturated heterocycles. The van der Waals surface area contributed by atoms with Gasteiger partial charge in [0.2, 0.25) is 0 Å². The second kappa shape index (κ2) is 5.43. The molecule has 0 atom stereocenters. The molecule has 0 aromatic heterocycles. The molecule has 0 aliphatic heterocycles. The lowest BCUT2D eigenvalue weighted by Gasteiger charge is -1.97. The Balaban J connectivity index is 2.72. The minimum absolute atomic E-state index is 1.04. The van der Waals surface area contributed by atoms with Crippen LogP contribution < -0.4 is 0 Å². The summed E-state index contributed by atoms with van der Waals surface area (Å²) >= 11 is 5.63. The Hall–Kier alpha value is 0.290. The molecule has 0 aromatic rings. The highest BCUT2D eigenvalue weighted by molar-refractivity contribution is 6.26. The number of unbranched alkanes of at least 4 members (excludes halogenated alkanes) is 2. The fourth-order valence-corrected chi connectivity index (χ4v) is 0.752. The maximum Gasteiger partial charge on any atom is 0.0607 e. The highest BCUT2D eigenvalue weighted by atomic mass is 35.5. The Morgan fingerprint density at radius 2 is 2.00 bits per heavy atom. The van der Waals surface area contributed by atoms with Gasteiger partial charge < -0.3 is 0 Å². The van der Waals surface area contributed by atoms with Crippen LogP contribution in [0.4, 0.5) is 0 Å². The van der Waals surface area contributed by atoms with Crippen molar-refractivity contribution in [2.75, 3.05) is 0 Å². The molecule has 0 aliphatic rings. The van der Waals surface area contributed by atoms with Crippen molar-refractivity contribution >= 4 is 11.6 Å². The van der Waals surface area contributed by atoms with E-state index in [1.807, 2.05) is 6.92 Å². The van der Waals surface area contributed by atoms with Gasteiger partial charge in [-0.3, -0.25) is 0 Å². The highest BCUT2D eigenvalue weighted by Crippen LogP contribution is 2.14. The van der Waals surface area contributed by atoms with Gasteiger partial charge in [0.15, 0.2) is 0 Å². The number of hydrogen-bond donors (Lipinski definition) is 0. The third-order valence-electron chi connectivity index (χ3n) is 1.12. The van der Waals surface area contributed by atoms with Gasteiger partial charge in [-0.1, -0.05) is 26.2 Å². The van der Waals surface area contributed by atoms with Gasteiger partial charge in [-0.15, -0.1) is 11.6 Å². The van der Waals surface area contributed by atoms with E-state index in [1.165, 1.54) is 19.3 Å². The molecule has 0 heterocycles. The first kappa shape index (κ1) is 8.29. The van der Waals surface area contributed by atoms with Crippen LogP contribution in [0.15, 0.2) is 0 Å². The quantitative estimate of drug-likeness (QED) is 0.516. The average Bonchev–Trinajstić information content (AvgIpc) is 1.66. The first-order valence-electron chi connectivity index (χ1n) is 3.25. The maximum absolute atomic E-state index is 5.63. The Kier molecular flexibility index (Phi) is 5.62. The zero-order valence-electron chi connectivity index (χ0n) is 5.71. The van der Waals surface area contributed by atoms with Crippen LogP contribution in [0.25, 0.3) is 0 Å². The predicted molar refractivity (Wildman–Crippen MR) is 38.9 cm³/mol. The van der Waals surface area contributed by atoms with Gasteiger partial charge in [0.1, 0.15) is 0 Å². The van der Waals surface area contributed by atoms with Crippen molar-refractivity contribution in [2.24, 2.45) is 0 Å². The molecule has 0 nitrogen and oxygen atoms in total. The second-order valence-electron chi connectivity index (χ2n) is 2.13. The van der Waals surface area contributed by atoms with Crippen molar-refractivity contribution in [1.82, 2.24) is 0 Å². The molecule has 0 rings (SSSR count). The number of halogens is 1. The molecular weight excluding hydrogens is 120 g/mol. The van der Waals surface area contributed by atoms with Crippen LogP contribution >= 0.6 is 11.6 Å². The standard InChI is InChI=1S/C7H14Cl/c1-3-4-5-6-7(2)8/h3-6H2,1-2H3. The Morgan fingerprint density at radius 1 is 1.38 bits per heavy atom. The molecule has 49 valence electrons. The summed E-state index contributed by atoms with van der Waals surface area (Å²) in [6.07, 6.45) is 4.94. The molecule has 0 aliphatic carbocycles. The Labute approximate surface area is 57.2 Å². The van der Waals surface area contributed by atoms with Gasteiger partial charge >= 0.3 is 0 Å². The Morgan fingerprint density at radius 3 is 2.38 bits per heavy atom. The summed E-state index contributed by atoms with van der Waals surface area (Å²) in [6.45, 7) is 4.17. The Bertz CT molecular complexity index is 41.7. The minimum Gasteiger partial charge on any atom is -0.118 e. The first-order chi connectivity index (χ1) is 3.77. The van der Waals surface area contributed by atoms with E-state index < -0.39 is 0 Å². The van der Waals surface area contributed by atoms with E-state index in [2.05, 4.69) is 6.92 Å². The molecule has 0 amide bonds. The molecule has 1 radical (unpaired) electrons. The summed E-state index contributed by atoms with van der Waals surface area (Å²) in [7, 11) is 0. The predicted octanol–water partition coefficient (Wildman–Crippen LogP) is 3.36. The summed E-state index contributed by atoms with van der Waals surface area (Å²) in [5, 5.41) is 1.04. The smallest absolute Gasteiger partial charge is 0.0607 e. The second-order valence-corrected chi connectivity index (χ2v) is 2.78. The third kappa shape index (κ3) is 6.29. The van der Waals surface area contributed by atoms with Crippen molar-refractivity contribution in [2.45, 2.75) is 39.5 Å². The maximum atomic E-state index is 5.63. The molecule has 1 heteroatoms. The molecule has 0 N–H and O–H groups in total. The molecule has 0 unspecified atom stereocenters. The molecular formula is C7H14Cl. The van der Waals surface area contributed by atoms with E-state index in [0.29, 0.717) is 0 Å². The van der Waals surface area contributed by atoms with Crippen molar-refractivity contribution in [3.63, 3.8) is 0 Å². The molecule has 0 fully saturated rings. The van der Waals surface area contributed by atoms with Crippen molar-refractivity contribution < 1.29 is 0 Å². The number of rotatable bonds is 4. The molecule has 0 saturated carbocycles. The average molecular weight is 134 g/mol. The van der Waals surface area contributed by atoms with Crippen LogP contribution in [-0.2, 0) is 0 Å². The van der Waals surface area contributed by atoms with Gasteiger partial charge in [-0.25, -0.2) is 0 Å². The summed E-state index contributed by atoms with van der Waals surface area (Å²) in [6, 6.07) is 0. The lowest BCUT2D eigenvalue weighted by Crippen LogP contribution is -1.79. The van der Waals surface area contributed by atoms with E-state index in [4.69, 9.17) is 11.6 Å². The lowest BCUT2D eigenvalue weighted by atomic mass is 10.2. The largest absolute Gasteiger partial charge is 0.118 e. The van der Waals surface area contributed by atoms with E-state index >= 15 is 0 Å². The SMILES string of the molecule is CCCCC[C](C)Cl. The van der Waals surface area contributed by atoms with Crippen molar-refractivity contribution in [1.29, 1.82) is 0 Å². The van der Waals surface area contributed by atoms with Crippen LogP contribution in [-0.4, -0.2) is 0 Å². The van der Waals surface area contributed by atoms with E-state index in [0.717, 1.165) is 11.8 Å². The van der Waals surface area contributed by atoms with Gasteiger partial charge in [-0.05, 0) is 13.3 Å². The van der Waals surface area contributed by atoms with Crippen molar-refractivity contribution in [3.05, 3.63) is 5.38 Å². The molecule has 0 bridgehead atoms. The zero-order chi connectivity index (χ0) is 6.41. The monoisotopic (exact) mass is 133 g/mol. The normalized spacial score (nSPS) is 10.5. The van der Waals surface area contributed by atoms with Gasteiger partial charge in [0.25, 0.3) is 0 Å². The van der Waals surface area contributed by atoms with E-state index in [-0.39, 0.29) is 0 Å². The fourth-order valence-electron chi connectivity index (χ4n) is 0.619. The first-order valence-corrected chi connectivity index (χ1v) is 3.63. The van der Waals surface area contributed by atoms with E-state index in [9.17, 15) is 0 Å². The molecule has 0 spiro atoms. The molecule has 8 heavy (non-hydrogen) atoms. The van der Waals surface area contributed by atoms with Crippen LogP contribution in [0, 0.1) is 5.38 Å². The summed E-state index contributed by atoms with van der Waals surface area (Å²) in [5.74, 6) is 0. The third-order valence-corrected chi connectivity index (χ3v) is 1.31. The van der Waals surface area contributed by atoms with Gasteiger partial charge in [0.05, 0.1) is 5.38 Å². The van der Waals surface area contributed by atoms with Crippen LogP contribution in [0.5, 0.6) is 0 Å². The summed E-state index contributed by atoms with van der Waals surface area (Å²) in [5.41, 5.74) is 0. The van der Waals surface area contributed by atoms with Crippen LogP contribution in [0.3, 0.4) is 0 Å². The number of hydrogen-bond acceptors (Lipinski definition) is 0. The summed E-state index contributed by atoms with van der Waals surface area (Å²) < 4.78 is 0. The summed E-state index contributed by atoms with van der Waals surface area (Å²) in [4.78, 5) is 0. The zero-order valence-corrected chi connectivity index (χ0v) is 6.46. The van der Waals surface area contributed by atoms with Crippen LogP contribution in [0.1, 0.15) is 39.5 Å². The van der Waals surface area contributed by atoms with Gasteiger partial charge in [-0.2, -0.15) is 0 Å². The topological polar surface area (TPSA) is 0 Å². The molecule has 0 aromatic carbocycles.